The lowest BCUT2D eigenvalue weighted by Gasteiger charge is -2.08. The van der Waals surface area contributed by atoms with Crippen molar-refractivity contribution in [1.29, 1.82) is 0 Å². The molecule has 8 heteroatoms. The molecule has 3 heterocycles. The molecule has 1 aliphatic carbocycles. The van der Waals surface area contributed by atoms with Gasteiger partial charge in [0.05, 0.1) is 0 Å². The lowest BCUT2D eigenvalue weighted by Crippen LogP contribution is -2.29. The van der Waals surface area contributed by atoms with E-state index in [1.54, 1.807) is 6.07 Å². The Balaban J connectivity index is 1.26. The maximum Gasteiger partial charge on any atom is 0.273 e. The zero-order valence-corrected chi connectivity index (χ0v) is 13.6. The van der Waals surface area contributed by atoms with Crippen LogP contribution in [0.4, 0.5) is 5.82 Å². The second-order valence-electron chi connectivity index (χ2n) is 5.92. The molecule has 4 rings (SSSR count). The summed E-state index contributed by atoms with van der Waals surface area (Å²) in [5.74, 6) is 2.50. The summed E-state index contributed by atoms with van der Waals surface area (Å²) in [5.41, 5.74) is 0.332. The van der Waals surface area contributed by atoms with Gasteiger partial charge in [0.2, 0.25) is 0 Å². The van der Waals surface area contributed by atoms with E-state index in [0.717, 1.165) is 24.4 Å². The van der Waals surface area contributed by atoms with E-state index in [2.05, 4.69) is 25.8 Å². The van der Waals surface area contributed by atoms with Gasteiger partial charge in [-0.15, -0.1) is 0 Å². The molecule has 2 N–H and O–H groups in total. The highest BCUT2D eigenvalue weighted by atomic mass is 16.5. The molecule has 1 saturated carbocycles. The van der Waals surface area contributed by atoms with E-state index in [0.29, 0.717) is 30.5 Å². The molecule has 3 aromatic heterocycles. The second-order valence-corrected chi connectivity index (χ2v) is 5.92. The van der Waals surface area contributed by atoms with E-state index in [1.165, 1.54) is 6.33 Å². The molecule has 0 unspecified atom stereocenters. The fraction of sp³-hybridized carbons (Fsp3) is 0.294. The summed E-state index contributed by atoms with van der Waals surface area (Å²) >= 11 is 0. The van der Waals surface area contributed by atoms with Gasteiger partial charge in [0.1, 0.15) is 23.7 Å². The van der Waals surface area contributed by atoms with Crippen LogP contribution >= 0.6 is 0 Å². The summed E-state index contributed by atoms with van der Waals surface area (Å²) in [5, 5.41) is 9.80. The molecule has 8 nitrogen and oxygen atoms in total. The van der Waals surface area contributed by atoms with Crippen LogP contribution in [0.1, 0.15) is 35.0 Å². The summed E-state index contributed by atoms with van der Waals surface area (Å²) in [6, 6.07) is 7.45. The summed E-state index contributed by atoms with van der Waals surface area (Å²) in [6.07, 6.45) is 7.57. The van der Waals surface area contributed by atoms with Gasteiger partial charge in [-0.2, -0.15) is 0 Å². The predicted molar refractivity (Wildman–Crippen MR) is 90.7 cm³/mol. The van der Waals surface area contributed by atoms with Gasteiger partial charge in [-0.25, -0.2) is 9.97 Å². The molecule has 0 spiro atoms. The summed E-state index contributed by atoms with van der Waals surface area (Å²) in [4.78, 5) is 20.4. The number of carbonyl (C=O) groups excluding carboxylic acids is 1. The average molecular weight is 338 g/mol. The number of carbonyl (C=O) groups is 1. The van der Waals surface area contributed by atoms with Crippen molar-refractivity contribution in [1.82, 2.24) is 25.0 Å². The third-order valence-corrected chi connectivity index (χ3v) is 3.98. The fourth-order valence-electron chi connectivity index (χ4n) is 2.49. The van der Waals surface area contributed by atoms with Gasteiger partial charge in [-0.1, -0.05) is 5.16 Å². The molecule has 128 valence electrons. The minimum atomic E-state index is -0.229. The number of hydrogen-bond acceptors (Lipinski definition) is 6. The maximum atomic E-state index is 12.0. The number of nitrogens with one attached hydrogen (secondary N) is 2. The summed E-state index contributed by atoms with van der Waals surface area (Å²) < 4.78 is 7.09. The zero-order valence-electron chi connectivity index (χ0n) is 13.6. The SMILES string of the molecule is O=C(NCCNc1cc(-n2cccc2)ncn1)c1cc(C2CC2)on1. The van der Waals surface area contributed by atoms with Crippen molar-refractivity contribution in [2.75, 3.05) is 18.4 Å². The number of rotatable bonds is 7. The van der Waals surface area contributed by atoms with Gasteiger partial charge in [-0.05, 0) is 25.0 Å². The maximum absolute atomic E-state index is 12.0. The van der Waals surface area contributed by atoms with Gasteiger partial charge in [0.25, 0.3) is 5.91 Å². The predicted octanol–water partition coefficient (Wildman–Crippen LogP) is 1.97. The number of amides is 1. The van der Waals surface area contributed by atoms with Crippen LogP contribution in [0.2, 0.25) is 0 Å². The van der Waals surface area contributed by atoms with Crippen LogP contribution < -0.4 is 10.6 Å². The van der Waals surface area contributed by atoms with Crippen molar-refractivity contribution in [2.24, 2.45) is 0 Å². The molecular weight excluding hydrogens is 320 g/mol. The molecule has 25 heavy (non-hydrogen) atoms. The molecular formula is C17H18N6O2. The normalized spacial score (nSPS) is 13.6. The minimum absolute atomic E-state index is 0.229. The van der Waals surface area contributed by atoms with Crippen molar-refractivity contribution in [3.05, 3.63) is 54.4 Å². The standard InChI is InChI=1S/C17H18N6O2/c24-17(13-9-14(25-22-13)12-3-4-12)19-6-5-18-15-10-16(21-11-20-15)23-7-1-2-8-23/h1-2,7-12H,3-6H2,(H,19,24)(H,18,20,21). The third kappa shape index (κ3) is 3.68. The Bertz CT molecular complexity index is 854. The van der Waals surface area contributed by atoms with Crippen LogP contribution in [0.25, 0.3) is 5.82 Å². The Morgan fingerprint density at radius 3 is 2.84 bits per heavy atom. The van der Waals surface area contributed by atoms with Gasteiger partial charge < -0.3 is 19.7 Å². The highest BCUT2D eigenvalue weighted by molar-refractivity contribution is 5.92. The highest BCUT2D eigenvalue weighted by Crippen LogP contribution is 2.40. The van der Waals surface area contributed by atoms with E-state index >= 15 is 0 Å². The van der Waals surface area contributed by atoms with Crippen LogP contribution in [-0.2, 0) is 0 Å². The molecule has 1 amide bonds. The molecule has 3 aromatic rings. The van der Waals surface area contributed by atoms with Gasteiger partial charge in [-0.3, -0.25) is 4.79 Å². The van der Waals surface area contributed by atoms with Crippen LogP contribution in [0.15, 0.2) is 47.5 Å². The van der Waals surface area contributed by atoms with Crippen molar-refractivity contribution in [3.8, 4) is 5.82 Å². The molecule has 0 saturated heterocycles. The summed E-state index contributed by atoms with van der Waals surface area (Å²) in [7, 11) is 0. The lowest BCUT2D eigenvalue weighted by atomic mass is 10.3. The van der Waals surface area contributed by atoms with Crippen molar-refractivity contribution in [3.63, 3.8) is 0 Å². The molecule has 0 radical (unpaired) electrons. The highest BCUT2D eigenvalue weighted by Gasteiger charge is 2.28. The quantitative estimate of drug-likeness (QED) is 0.639. The number of hydrogen-bond donors (Lipinski definition) is 2. The Hall–Kier alpha value is -3.16. The van der Waals surface area contributed by atoms with Gasteiger partial charge in [0, 0.05) is 43.5 Å². The smallest absolute Gasteiger partial charge is 0.273 e. The Labute approximate surface area is 144 Å². The number of aromatic nitrogens is 4. The Morgan fingerprint density at radius 1 is 1.20 bits per heavy atom. The van der Waals surface area contributed by atoms with Crippen molar-refractivity contribution >= 4 is 11.7 Å². The first kappa shape index (κ1) is 15.4. The molecule has 0 aliphatic heterocycles. The minimum Gasteiger partial charge on any atom is -0.368 e. The molecule has 1 fully saturated rings. The van der Waals surface area contributed by atoms with Gasteiger partial charge >= 0.3 is 0 Å². The second kappa shape index (κ2) is 6.76. The van der Waals surface area contributed by atoms with E-state index in [-0.39, 0.29) is 5.91 Å². The number of nitrogens with zero attached hydrogens (tertiary/aromatic N) is 4. The molecule has 0 aromatic carbocycles. The van der Waals surface area contributed by atoms with Crippen LogP contribution in [0.5, 0.6) is 0 Å². The van der Waals surface area contributed by atoms with E-state index in [1.807, 2.05) is 35.2 Å². The topological polar surface area (TPSA) is 97.9 Å². The zero-order chi connectivity index (χ0) is 17.1. The van der Waals surface area contributed by atoms with Crippen molar-refractivity contribution in [2.45, 2.75) is 18.8 Å². The number of anilines is 1. The average Bonchev–Trinajstić information content (AvgIpc) is 3.14. The third-order valence-electron chi connectivity index (χ3n) is 3.98. The first-order valence-corrected chi connectivity index (χ1v) is 8.24. The lowest BCUT2D eigenvalue weighted by molar-refractivity contribution is 0.0946. The molecule has 0 atom stereocenters. The Kier molecular flexibility index (Phi) is 4.16. The molecule has 0 bridgehead atoms. The van der Waals surface area contributed by atoms with Crippen LogP contribution in [0.3, 0.4) is 0 Å². The first-order chi connectivity index (χ1) is 12.3. The monoisotopic (exact) mass is 338 g/mol. The van der Waals surface area contributed by atoms with E-state index in [9.17, 15) is 4.79 Å². The van der Waals surface area contributed by atoms with Crippen molar-refractivity contribution < 1.29 is 9.32 Å². The van der Waals surface area contributed by atoms with Gasteiger partial charge in [0.15, 0.2) is 5.69 Å². The van der Waals surface area contributed by atoms with E-state index < -0.39 is 0 Å². The van der Waals surface area contributed by atoms with Crippen LogP contribution in [0, 0.1) is 0 Å². The summed E-state index contributed by atoms with van der Waals surface area (Å²) in [6.45, 7) is 0.995. The van der Waals surface area contributed by atoms with Crippen LogP contribution in [-0.4, -0.2) is 38.7 Å². The van der Waals surface area contributed by atoms with E-state index in [4.69, 9.17) is 4.52 Å². The largest absolute Gasteiger partial charge is 0.368 e. The Morgan fingerprint density at radius 2 is 2.04 bits per heavy atom. The fourth-order valence-corrected chi connectivity index (χ4v) is 2.49. The first-order valence-electron chi connectivity index (χ1n) is 8.24. The molecule has 1 aliphatic rings.